The molecule has 1 saturated heterocycles. The highest BCUT2D eigenvalue weighted by Gasteiger charge is 2.11. The van der Waals surface area contributed by atoms with Crippen molar-refractivity contribution < 1.29 is 9.53 Å². The third-order valence-corrected chi connectivity index (χ3v) is 5.47. The van der Waals surface area contributed by atoms with Gasteiger partial charge in [0.1, 0.15) is 6.54 Å². The number of nitrogens with zero attached hydrogens (tertiary/aromatic N) is 5. The highest BCUT2D eigenvalue weighted by atomic mass is 16.5. The lowest BCUT2D eigenvalue weighted by Crippen LogP contribution is -2.41. The normalized spacial score (nSPS) is 15.3. The van der Waals surface area contributed by atoms with E-state index in [0.717, 1.165) is 70.9 Å². The minimum Gasteiger partial charge on any atom is -0.379 e. The number of carbonyl (C=O) groups excluding carboxylic acids is 1. The van der Waals surface area contributed by atoms with Crippen LogP contribution < -0.4 is 10.6 Å². The van der Waals surface area contributed by atoms with Gasteiger partial charge in [-0.2, -0.15) is 5.10 Å². The molecule has 2 heterocycles. The van der Waals surface area contributed by atoms with Gasteiger partial charge in [0.05, 0.1) is 18.9 Å². The number of likely N-dealkylation sites (N-methyl/N-ethyl adjacent to an activating group) is 1. The van der Waals surface area contributed by atoms with Crippen LogP contribution in [0.5, 0.6) is 0 Å². The Balaban J connectivity index is 1.78. The fraction of sp³-hybridized carbons (Fsp3) is 0.762. The van der Waals surface area contributed by atoms with Crippen LogP contribution in [-0.2, 0) is 23.0 Å². The van der Waals surface area contributed by atoms with Crippen molar-refractivity contribution in [1.82, 2.24) is 30.2 Å². The third kappa shape index (κ3) is 7.95. The molecule has 9 heteroatoms. The van der Waals surface area contributed by atoms with Gasteiger partial charge in [-0.3, -0.25) is 14.4 Å². The lowest BCUT2D eigenvalue weighted by atomic mass is 10.1. The summed E-state index contributed by atoms with van der Waals surface area (Å²) in [5.41, 5.74) is 3.64. The van der Waals surface area contributed by atoms with E-state index in [1.54, 1.807) is 19.0 Å². The van der Waals surface area contributed by atoms with Crippen LogP contribution in [0.4, 0.5) is 0 Å². The molecule has 0 radical (unpaired) electrons. The largest absolute Gasteiger partial charge is 0.379 e. The van der Waals surface area contributed by atoms with Crippen LogP contribution in [0.3, 0.4) is 0 Å². The summed E-state index contributed by atoms with van der Waals surface area (Å²) >= 11 is 0. The van der Waals surface area contributed by atoms with Crippen LogP contribution in [-0.4, -0.2) is 98.0 Å². The monoisotopic (exact) mass is 421 g/mol. The maximum Gasteiger partial charge on any atom is 0.243 e. The second-order valence-electron chi connectivity index (χ2n) is 7.99. The van der Waals surface area contributed by atoms with Gasteiger partial charge in [0, 0.05) is 53.0 Å². The van der Waals surface area contributed by atoms with Crippen LogP contribution in [0.2, 0.25) is 0 Å². The molecule has 170 valence electrons. The van der Waals surface area contributed by atoms with Crippen LogP contribution in [0, 0.1) is 13.8 Å². The van der Waals surface area contributed by atoms with Crippen molar-refractivity contribution >= 4 is 11.9 Å². The molecule has 1 amide bonds. The first-order chi connectivity index (χ1) is 14.4. The number of aromatic nitrogens is 2. The number of rotatable bonds is 10. The van der Waals surface area contributed by atoms with Crippen molar-refractivity contribution in [2.75, 3.05) is 66.6 Å². The molecule has 0 unspecified atom stereocenters. The SMILES string of the molecule is Cc1nn(C)c(C)c1CCCNC(=NCC(=O)N(C)C)NCCCN1CCOCC1. The molecule has 0 spiro atoms. The molecule has 9 nitrogen and oxygen atoms in total. The Morgan fingerprint density at radius 3 is 2.43 bits per heavy atom. The summed E-state index contributed by atoms with van der Waals surface area (Å²) in [5.74, 6) is 0.692. The average Bonchev–Trinajstić information content (AvgIpc) is 2.97. The maximum atomic E-state index is 11.9. The smallest absolute Gasteiger partial charge is 0.243 e. The molecule has 0 bridgehead atoms. The minimum atomic E-state index is -0.00831. The molecule has 1 fully saturated rings. The van der Waals surface area contributed by atoms with E-state index in [1.165, 1.54) is 11.3 Å². The molecule has 0 aromatic carbocycles. The Morgan fingerprint density at radius 1 is 1.17 bits per heavy atom. The van der Waals surface area contributed by atoms with Gasteiger partial charge in [0.25, 0.3) is 0 Å². The van der Waals surface area contributed by atoms with Crippen molar-refractivity contribution in [2.24, 2.45) is 12.0 Å². The number of amides is 1. The predicted octanol–water partition coefficient (Wildman–Crippen LogP) is 0.315. The van der Waals surface area contributed by atoms with Gasteiger partial charge in [0.2, 0.25) is 5.91 Å². The number of aliphatic imine (C=N–C) groups is 1. The van der Waals surface area contributed by atoms with Gasteiger partial charge < -0.3 is 20.3 Å². The number of guanidine groups is 1. The van der Waals surface area contributed by atoms with E-state index in [-0.39, 0.29) is 12.5 Å². The first kappa shape index (κ1) is 24.1. The Labute approximate surface area is 180 Å². The predicted molar refractivity (Wildman–Crippen MR) is 120 cm³/mol. The molecule has 0 saturated carbocycles. The number of ether oxygens (including phenoxy) is 1. The second-order valence-corrected chi connectivity index (χ2v) is 7.99. The standard InChI is InChI=1S/C21H39N7O2/c1-17-19(18(2)27(5)25-17)8-6-9-22-21(24-16-20(29)26(3)4)23-10-7-11-28-12-14-30-15-13-28/h6-16H2,1-5H3,(H2,22,23,24). The fourth-order valence-electron chi connectivity index (χ4n) is 3.45. The van der Waals surface area contributed by atoms with Gasteiger partial charge in [-0.1, -0.05) is 0 Å². The Kier molecular flexibility index (Phi) is 10.1. The molecule has 30 heavy (non-hydrogen) atoms. The maximum absolute atomic E-state index is 11.9. The summed E-state index contributed by atoms with van der Waals surface area (Å²) < 4.78 is 7.33. The zero-order chi connectivity index (χ0) is 21.9. The van der Waals surface area contributed by atoms with Crippen LogP contribution in [0.1, 0.15) is 29.8 Å². The molecule has 0 aliphatic carbocycles. The molecule has 1 aliphatic heterocycles. The zero-order valence-electron chi connectivity index (χ0n) is 19.3. The Morgan fingerprint density at radius 2 is 1.83 bits per heavy atom. The van der Waals surface area contributed by atoms with E-state index in [4.69, 9.17) is 4.74 Å². The molecule has 2 N–H and O–H groups in total. The van der Waals surface area contributed by atoms with Crippen LogP contribution in [0.25, 0.3) is 0 Å². The first-order valence-electron chi connectivity index (χ1n) is 10.9. The van der Waals surface area contributed by atoms with E-state index in [0.29, 0.717) is 5.96 Å². The van der Waals surface area contributed by atoms with Gasteiger partial charge in [-0.05, 0) is 45.2 Å². The molecule has 1 aromatic heterocycles. The Hall–Kier alpha value is -2.13. The van der Waals surface area contributed by atoms with Crippen molar-refractivity contribution in [3.8, 4) is 0 Å². The van der Waals surface area contributed by atoms with Crippen LogP contribution >= 0.6 is 0 Å². The topological polar surface area (TPSA) is 87.0 Å². The summed E-state index contributed by atoms with van der Waals surface area (Å²) in [5, 5.41) is 11.2. The number of nitrogens with one attached hydrogen (secondary N) is 2. The minimum absolute atomic E-state index is 0.00831. The third-order valence-electron chi connectivity index (χ3n) is 5.47. The van der Waals surface area contributed by atoms with Gasteiger partial charge in [0.15, 0.2) is 5.96 Å². The zero-order valence-corrected chi connectivity index (χ0v) is 19.3. The van der Waals surface area contributed by atoms with Gasteiger partial charge in [-0.15, -0.1) is 0 Å². The van der Waals surface area contributed by atoms with E-state index < -0.39 is 0 Å². The Bertz CT molecular complexity index is 694. The van der Waals surface area contributed by atoms with Crippen molar-refractivity contribution in [1.29, 1.82) is 0 Å². The molecule has 2 rings (SSSR count). The van der Waals surface area contributed by atoms with Crippen LogP contribution in [0.15, 0.2) is 4.99 Å². The van der Waals surface area contributed by atoms with E-state index >= 15 is 0 Å². The van der Waals surface area contributed by atoms with Gasteiger partial charge >= 0.3 is 0 Å². The number of hydrogen-bond donors (Lipinski definition) is 2. The van der Waals surface area contributed by atoms with Crippen molar-refractivity contribution in [3.63, 3.8) is 0 Å². The number of aryl methyl sites for hydroxylation is 2. The summed E-state index contributed by atoms with van der Waals surface area (Å²) in [6.45, 7) is 10.6. The fourth-order valence-corrected chi connectivity index (χ4v) is 3.45. The summed E-state index contributed by atoms with van der Waals surface area (Å²) in [7, 11) is 5.48. The quantitative estimate of drug-likeness (QED) is 0.321. The molecule has 1 aliphatic rings. The number of hydrogen-bond acceptors (Lipinski definition) is 5. The van der Waals surface area contributed by atoms with Crippen molar-refractivity contribution in [2.45, 2.75) is 33.1 Å². The number of carbonyl (C=O) groups is 1. The summed E-state index contributed by atoms with van der Waals surface area (Å²) in [4.78, 5) is 20.4. The van der Waals surface area contributed by atoms with Crippen molar-refractivity contribution in [3.05, 3.63) is 17.0 Å². The lowest BCUT2D eigenvalue weighted by molar-refractivity contribution is -0.127. The number of morpholine rings is 1. The van der Waals surface area contributed by atoms with E-state index in [1.807, 2.05) is 11.7 Å². The summed E-state index contributed by atoms with van der Waals surface area (Å²) in [6.07, 6.45) is 2.97. The molecular weight excluding hydrogens is 382 g/mol. The van der Waals surface area contributed by atoms with E-state index in [2.05, 4.69) is 39.5 Å². The summed E-state index contributed by atoms with van der Waals surface area (Å²) in [6, 6.07) is 0. The van der Waals surface area contributed by atoms with Gasteiger partial charge in [-0.25, -0.2) is 4.99 Å². The highest BCUT2D eigenvalue weighted by molar-refractivity contribution is 5.84. The highest BCUT2D eigenvalue weighted by Crippen LogP contribution is 2.13. The average molecular weight is 422 g/mol. The second kappa shape index (κ2) is 12.5. The first-order valence-corrected chi connectivity index (χ1v) is 10.9. The molecule has 1 aromatic rings. The molecule has 0 atom stereocenters. The lowest BCUT2D eigenvalue weighted by Gasteiger charge is -2.26. The molecular formula is C21H39N7O2. The van der Waals surface area contributed by atoms with E-state index in [9.17, 15) is 4.79 Å².